The molecule has 0 amide bonds. The van der Waals surface area contributed by atoms with Crippen molar-refractivity contribution < 1.29 is 14.6 Å². The monoisotopic (exact) mass is 325 g/mol. The van der Waals surface area contributed by atoms with Crippen molar-refractivity contribution in [2.24, 2.45) is 0 Å². The third-order valence-corrected chi connectivity index (χ3v) is 4.75. The van der Waals surface area contributed by atoms with Gasteiger partial charge in [0.15, 0.2) is 5.78 Å². The number of hydrogen-bond donors (Lipinski definition) is 2. The normalized spacial score (nSPS) is 23.9. The Morgan fingerprint density at radius 2 is 2.00 bits per heavy atom. The third kappa shape index (κ3) is 3.21. The Balaban J connectivity index is 1.95. The zero-order chi connectivity index (χ0) is 17.0. The lowest BCUT2D eigenvalue weighted by molar-refractivity contribution is -0.138. The number of aliphatic hydroxyl groups is 1. The minimum Gasteiger partial charge on any atom is -0.497 e. The number of carbonyl (C=O) groups excluding carboxylic acids is 1. The van der Waals surface area contributed by atoms with Gasteiger partial charge in [-0.2, -0.15) is 0 Å². The molecule has 1 fully saturated rings. The molecule has 4 heteroatoms. The van der Waals surface area contributed by atoms with E-state index in [1.165, 1.54) is 0 Å². The molecule has 1 aliphatic rings. The van der Waals surface area contributed by atoms with Gasteiger partial charge in [0, 0.05) is 6.54 Å². The fourth-order valence-corrected chi connectivity index (χ4v) is 3.40. The van der Waals surface area contributed by atoms with Crippen molar-refractivity contribution in [3.05, 3.63) is 65.7 Å². The number of methoxy groups -OCH3 is 1. The maximum Gasteiger partial charge on any atom is 0.185 e. The lowest BCUT2D eigenvalue weighted by Crippen LogP contribution is -2.55. The zero-order valence-electron chi connectivity index (χ0n) is 13.9. The van der Waals surface area contributed by atoms with E-state index in [2.05, 4.69) is 5.32 Å². The number of ether oxygens (including phenoxy) is 1. The Labute approximate surface area is 142 Å². The van der Waals surface area contributed by atoms with E-state index in [1.54, 1.807) is 7.11 Å². The summed E-state index contributed by atoms with van der Waals surface area (Å²) in [5.74, 6) is 0.555. The summed E-state index contributed by atoms with van der Waals surface area (Å²) in [6.45, 7) is 0.566. The van der Waals surface area contributed by atoms with Crippen molar-refractivity contribution in [1.82, 2.24) is 5.32 Å². The maximum atomic E-state index is 12.9. The fraction of sp³-hybridized carbons (Fsp3) is 0.350. The molecule has 0 spiro atoms. The second kappa shape index (κ2) is 7.16. The lowest BCUT2D eigenvalue weighted by Gasteiger charge is -2.39. The molecule has 4 nitrogen and oxygen atoms in total. The minimum atomic E-state index is -0.923. The first kappa shape index (κ1) is 16.7. The van der Waals surface area contributed by atoms with Crippen molar-refractivity contribution >= 4 is 5.78 Å². The largest absolute Gasteiger partial charge is 0.497 e. The Hall–Kier alpha value is -2.17. The zero-order valence-corrected chi connectivity index (χ0v) is 13.9. The number of rotatable bonds is 5. The van der Waals surface area contributed by atoms with Crippen molar-refractivity contribution in [1.29, 1.82) is 0 Å². The molecule has 2 atom stereocenters. The quantitative estimate of drug-likeness (QED) is 0.887. The van der Waals surface area contributed by atoms with Gasteiger partial charge in [0.2, 0.25) is 0 Å². The highest BCUT2D eigenvalue weighted by Gasteiger charge is 2.45. The smallest absolute Gasteiger partial charge is 0.185 e. The van der Waals surface area contributed by atoms with Crippen LogP contribution in [0.1, 0.15) is 30.4 Å². The summed E-state index contributed by atoms with van der Waals surface area (Å²) in [5, 5.41) is 13.6. The molecule has 0 saturated heterocycles. The molecule has 0 radical (unpaired) electrons. The van der Waals surface area contributed by atoms with E-state index in [9.17, 15) is 9.90 Å². The van der Waals surface area contributed by atoms with Gasteiger partial charge in [-0.05, 0) is 42.5 Å². The average Bonchev–Trinajstić information content (AvgIpc) is 2.64. The Morgan fingerprint density at radius 3 is 2.75 bits per heavy atom. The van der Waals surface area contributed by atoms with E-state index in [4.69, 9.17) is 4.74 Å². The molecular weight excluding hydrogens is 302 g/mol. The summed E-state index contributed by atoms with van der Waals surface area (Å²) in [7, 11) is 1.61. The fourth-order valence-electron chi connectivity index (χ4n) is 3.40. The molecule has 24 heavy (non-hydrogen) atoms. The molecule has 2 N–H and O–H groups in total. The van der Waals surface area contributed by atoms with E-state index >= 15 is 0 Å². The van der Waals surface area contributed by atoms with E-state index in [0.717, 1.165) is 17.5 Å². The highest BCUT2D eigenvalue weighted by molar-refractivity contribution is 5.94. The van der Waals surface area contributed by atoms with E-state index in [0.29, 0.717) is 25.1 Å². The summed E-state index contributed by atoms with van der Waals surface area (Å²) in [6.07, 6.45) is 1.07. The van der Waals surface area contributed by atoms with Crippen LogP contribution in [-0.2, 0) is 16.9 Å². The van der Waals surface area contributed by atoms with Gasteiger partial charge in [-0.3, -0.25) is 10.1 Å². The van der Waals surface area contributed by atoms with Gasteiger partial charge >= 0.3 is 0 Å². The van der Waals surface area contributed by atoms with Crippen LogP contribution in [0.4, 0.5) is 0 Å². The molecule has 0 bridgehead atoms. The predicted molar refractivity (Wildman–Crippen MR) is 92.8 cm³/mol. The molecule has 0 aliphatic heterocycles. The van der Waals surface area contributed by atoms with Crippen molar-refractivity contribution in [3.63, 3.8) is 0 Å². The van der Waals surface area contributed by atoms with Crippen LogP contribution in [0.5, 0.6) is 5.75 Å². The number of benzene rings is 2. The van der Waals surface area contributed by atoms with Crippen LogP contribution >= 0.6 is 0 Å². The first-order chi connectivity index (χ1) is 11.7. The summed E-state index contributed by atoms with van der Waals surface area (Å²) in [5.41, 5.74) is 1.08. The minimum absolute atomic E-state index is 0.155. The van der Waals surface area contributed by atoms with Crippen LogP contribution < -0.4 is 10.1 Å². The summed E-state index contributed by atoms with van der Waals surface area (Å²) >= 11 is 0. The van der Waals surface area contributed by atoms with Crippen LogP contribution in [0.15, 0.2) is 54.6 Å². The van der Waals surface area contributed by atoms with Crippen LogP contribution in [0.3, 0.4) is 0 Å². The van der Waals surface area contributed by atoms with Crippen LogP contribution in [0.2, 0.25) is 0 Å². The molecule has 126 valence electrons. The Bertz CT molecular complexity index is 701. The second-order valence-corrected chi connectivity index (χ2v) is 6.25. The van der Waals surface area contributed by atoms with E-state index in [1.807, 2.05) is 54.6 Å². The van der Waals surface area contributed by atoms with Gasteiger partial charge in [-0.15, -0.1) is 0 Å². The molecule has 2 unspecified atom stereocenters. The van der Waals surface area contributed by atoms with Gasteiger partial charge in [-0.1, -0.05) is 42.5 Å². The average molecular weight is 325 g/mol. The topological polar surface area (TPSA) is 58.6 Å². The number of hydrogen-bond acceptors (Lipinski definition) is 4. The molecule has 0 aromatic heterocycles. The predicted octanol–water partition coefficient (Wildman–Crippen LogP) is 2.79. The number of Topliss-reactive ketones (excluding diaryl/α,β-unsaturated/α-hetero) is 1. The number of ketones is 1. The number of carbonyl (C=O) groups is 1. The van der Waals surface area contributed by atoms with Crippen molar-refractivity contribution in [3.8, 4) is 5.75 Å². The van der Waals surface area contributed by atoms with Crippen LogP contribution in [-0.4, -0.2) is 24.1 Å². The molecule has 3 rings (SSSR count). The van der Waals surface area contributed by atoms with Gasteiger partial charge in [0.1, 0.15) is 17.4 Å². The first-order valence-corrected chi connectivity index (χ1v) is 8.31. The third-order valence-electron chi connectivity index (χ3n) is 4.75. The van der Waals surface area contributed by atoms with Crippen LogP contribution in [0.25, 0.3) is 0 Å². The van der Waals surface area contributed by atoms with E-state index in [-0.39, 0.29) is 5.78 Å². The summed E-state index contributed by atoms with van der Waals surface area (Å²) < 4.78 is 5.31. The van der Waals surface area contributed by atoms with Crippen LogP contribution in [0, 0.1) is 0 Å². The number of nitrogens with one attached hydrogen (secondary N) is 1. The molecule has 2 aromatic rings. The highest BCUT2D eigenvalue weighted by Crippen LogP contribution is 2.36. The van der Waals surface area contributed by atoms with Gasteiger partial charge in [-0.25, -0.2) is 0 Å². The van der Waals surface area contributed by atoms with Crippen molar-refractivity contribution in [2.45, 2.75) is 37.5 Å². The molecule has 1 saturated carbocycles. The highest BCUT2D eigenvalue weighted by atomic mass is 16.5. The number of aliphatic hydroxyl groups excluding tert-OH is 1. The van der Waals surface area contributed by atoms with Gasteiger partial charge < -0.3 is 9.84 Å². The van der Waals surface area contributed by atoms with Gasteiger partial charge in [0.25, 0.3) is 0 Å². The summed E-state index contributed by atoms with van der Waals surface area (Å²) in [6, 6.07) is 17.5. The molecule has 0 heterocycles. The first-order valence-electron chi connectivity index (χ1n) is 8.31. The molecular formula is C20H23NO3. The van der Waals surface area contributed by atoms with Crippen molar-refractivity contribution in [2.75, 3.05) is 7.11 Å². The molecule has 2 aromatic carbocycles. The molecule has 1 aliphatic carbocycles. The maximum absolute atomic E-state index is 12.9. The standard InChI is InChI=1S/C20H23NO3/c1-24-17-10-5-9-16(13-17)20(12-6-11-18(22)19(20)23)21-14-15-7-3-2-4-8-15/h2-5,7-10,13,18,21-22H,6,11-12,14H2,1H3. The van der Waals surface area contributed by atoms with E-state index < -0.39 is 11.6 Å². The Kier molecular flexibility index (Phi) is 4.97. The SMILES string of the molecule is COc1cccc(C2(NCc3ccccc3)CCCC(O)C2=O)c1. The summed E-state index contributed by atoms with van der Waals surface area (Å²) in [4.78, 5) is 12.9. The van der Waals surface area contributed by atoms with Gasteiger partial charge in [0.05, 0.1) is 7.11 Å². The second-order valence-electron chi connectivity index (χ2n) is 6.25. The lowest BCUT2D eigenvalue weighted by atomic mass is 9.74. The Morgan fingerprint density at radius 1 is 1.21 bits per heavy atom.